The summed E-state index contributed by atoms with van der Waals surface area (Å²) in [7, 11) is 0. The number of thioether (sulfide) groups is 1. The fourth-order valence-electron chi connectivity index (χ4n) is 2.57. The van der Waals surface area contributed by atoms with Gasteiger partial charge in [0, 0.05) is 11.1 Å². The zero-order valence-electron chi connectivity index (χ0n) is 15.9. The van der Waals surface area contributed by atoms with Crippen LogP contribution in [0.25, 0.3) is 11.5 Å². The highest BCUT2D eigenvalue weighted by Gasteiger charge is 2.20. The summed E-state index contributed by atoms with van der Waals surface area (Å²) in [5.74, 6) is 1.22. The van der Waals surface area contributed by atoms with E-state index in [1.54, 1.807) is 24.3 Å². The second kappa shape index (κ2) is 8.39. The van der Waals surface area contributed by atoms with Crippen LogP contribution in [0.1, 0.15) is 35.3 Å². The standard InChI is InChI=1S/C21H22N2O3S/c1-5-25-18-10-8-16(9-11-18)19(24)15(4)27-21-23-22-20(26-21)17-7-6-13(2)14(3)12-17/h6-12,15H,5H2,1-4H3/t15-/m1/s1. The molecule has 0 saturated heterocycles. The first-order valence-corrected chi connectivity index (χ1v) is 9.70. The first-order valence-electron chi connectivity index (χ1n) is 8.82. The lowest BCUT2D eigenvalue weighted by molar-refractivity contribution is 0.0993. The Kier molecular flexibility index (Phi) is 5.96. The highest BCUT2D eigenvalue weighted by molar-refractivity contribution is 8.00. The quantitative estimate of drug-likeness (QED) is 0.418. The summed E-state index contributed by atoms with van der Waals surface area (Å²) in [4.78, 5) is 12.6. The fourth-order valence-corrected chi connectivity index (χ4v) is 3.33. The Morgan fingerprint density at radius 3 is 2.52 bits per heavy atom. The number of carbonyl (C=O) groups excluding carboxylic acids is 1. The van der Waals surface area contributed by atoms with Gasteiger partial charge in [-0.3, -0.25) is 4.79 Å². The summed E-state index contributed by atoms with van der Waals surface area (Å²) >= 11 is 1.26. The van der Waals surface area contributed by atoms with Gasteiger partial charge >= 0.3 is 0 Å². The summed E-state index contributed by atoms with van der Waals surface area (Å²) in [6.07, 6.45) is 0. The van der Waals surface area contributed by atoms with Gasteiger partial charge in [0.15, 0.2) is 5.78 Å². The van der Waals surface area contributed by atoms with Crippen molar-refractivity contribution in [2.75, 3.05) is 6.61 Å². The maximum Gasteiger partial charge on any atom is 0.277 e. The van der Waals surface area contributed by atoms with E-state index in [4.69, 9.17) is 9.15 Å². The molecule has 0 amide bonds. The van der Waals surface area contributed by atoms with Crippen molar-refractivity contribution >= 4 is 17.5 Å². The van der Waals surface area contributed by atoms with Crippen LogP contribution in [0.15, 0.2) is 52.1 Å². The molecule has 0 bridgehead atoms. The zero-order valence-corrected chi connectivity index (χ0v) is 16.7. The van der Waals surface area contributed by atoms with E-state index in [1.165, 1.54) is 22.9 Å². The van der Waals surface area contributed by atoms with E-state index < -0.39 is 0 Å². The number of nitrogens with zero attached hydrogens (tertiary/aromatic N) is 2. The van der Waals surface area contributed by atoms with Crippen molar-refractivity contribution in [3.05, 3.63) is 59.2 Å². The molecule has 0 aliphatic heterocycles. The van der Waals surface area contributed by atoms with Crippen molar-refractivity contribution in [3.8, 4) is 17.2 Å². The van der Waals surface area contributed by atoms with Crippen molar-refractivity contribution in [1.29, 1.82) is 0 Å². The van der Waals surface area contributed by atoms with E-state index in [9.17, 15) is 4.79 Å². The second-order valence-electron chi connectivity index (χ2n) is 6.25. The normalized spacial score (nSPS) is 12.0. The molecule has 27 heavy (non-hydrogen) atoms. The minimum absolute atomic E-state index is 0.00831. The average molecular weight is 382 g/mol. The summed E-state index contributed by atoms with van der Waals surface area (Å²) in [5.41, 5.74) is 3.89. The molecule has 1 atom stereocenters. The van der Waals surface area contributed by atoms with Gasteiger partial charge in [-0.2, -0.15) is 0 Å². The smallest absolute Gasteiger partial charge is 0.277 e. The molecule has 140 valence electrons. The van der Waals surface area contributed by atoms with Gasteiger partial charge < -0.3 is 9.15 Å². The average Bonchev–Trinajstić information content (AvgIpc) is 3.12. The van der Waals surface area contributed by atoms with E-state index in [-0.39, 0.29) is 11.0 Å². The summed E-state index contributed by atoms with van der Waals surface area (Å²) in [5, 5.41) is 8.23. The second-order valence-corrected chi connectivity index (χ2v) is 7.55. The number of aryl methyl sites for hydroxylation is 2. The van der Waals surface area contributed by atoms with E-state index >= 15 is 0 Å². The van der Waals surface area contributed by atoms with Crippen LogP contribution in [0.4, 0.5) is 0 Å². The van der Waals surface area contributed by atoms with Crippen LogP contribution in [0.3, 0.4) is 0 Å². The van der Waals surface area contributed by atoms with Crippen LogP contribution in [0.5, 0.6) is 5.75 Å². The molecule has 0 aliphatic rings. The number of ketones is 1. The molecule has 0 fully saturated rings. The number of benzene rings is 2. The molecule has 0 spiro atoms. The van der Waals surface area contributed by atoms with Crippen LogP contribution < -0.4 is 4.74 Å². The molecular weight excluding hydrogens is 360 g/mol. The third-order valence-electron chi connectivity index (χ3n) is 4.26. The van der Waals surface area contributed by atoms with Crippen LogP contribution in [0.2, 0.25) is 0 Å². The lowest BCUT2D eigenvalue weighted by Gasteiger charge is -2.08. The molecule has 0 aliphatic carbocycles. The topological polar surface area (TPSA) is 65.2 Å². The minimum Gasteiger partial charge on any atom is -0.494 e. The van der Waals surface area contributed by atoms with Gasteiger partial charge in [0.2, 0.25) is 5.89 Å². The van der Waals surface area contributed by atoms with Crippen molar-refractivity contribution in [2.45, 2.75) is 38.2 Å². The zero-order chi connectivity index (χ0) is 19.4. The Labute approximate surface area is 163 Å². The minimum atomic E-state index is -0.337. The van der Waals surface area contributed by atoms with Gasteiger partial charge in [0.25, 0.3) is 5.22 Å². The molecule has 5 nitrogen and oxygen atoms in total. The lowest BCUT2D eigenvalue weighted by atomic mass is 10.1. The number of rotatable bonds is 7. The monoisotopic (exact) mass is 382 g/mol. The lowest BCUT2D eigenvalue weighted by Crippen LogP contribution is -2.13. The van der Waals surface area contributed by atoms with E-state index in [2.05, 4.69) is 17.1 Å². The van der Waals surface area contributed by atoms with E-state index in [0.717, 1.165) is 11.3 Å². The Morgan fingerprint density at radius 1 is 1.11 bits per heavy atom. The highest BCUT2D eigenvalue weighted by atomic mass is 32.2. The maximum absolute atomic E-state index is 12.6. The van der Waals surface area contributed by atoms with Gasteiger partial charge in [0.05, 0.1) is 11.9 Å². The molecule has 0 unspecified atom stereocenters. The maximum atomic E-state index is 12.6. The van der Waals surface area contributed by atoms with Crippen LogP contribution in [0, 0.1) is 13.8 Å². The largest absolute Gasteiger partial charge is 0.494 e. The van der Waals surface area contributed by atoms with Crippen molar-refractivity contribution in [2.24, 2.45) is 0 Å². The first kappa shape index (κ1) is 19.2. The van der Waals surface area contributed by atoms with Gasteiger partial charge in [-0.1, -0.05) is 17.8 Å². The van der Waals surface area contributed by atoms with Gasteiger partial charge in [-0.05, 0) is 75.2 Å². The molecule has 0 saturated carbocycles. The van der Waals surface area contributed by atoms with Crippen molar-refractivity contribution in [1.82, 2.24) is 10.2 Å². The van der Waals surface area contributed by atoms with Gasteiger partial charge in [0.1, 0.15) is 5.75 Å². The predicted octanol–water partition coefficient (Wildman–Crippen LogP) is 5.12. The summed E-state index contributed by atoms with van der Waals surface area (Å²) in [6.45, 7) is 8.46. The number of Topliss-reactive ketones (excluding diaryl/α,β-unsaturated/α-hetero) is 1. The molecule has 3 aromatic rings. The predicted molar refractivity (Wildman–Crippen MR) is 106 cm³/mol. The number of aromatic nitrogens is 2. The summed E-state index contributed by atoms with van der Waals surface area (Å²) < 4.78 is 11.1. The Hall–Kier alpha value is -2.60. The Bertz CT molecular complexity index is 935. The van der Waals surface area contributed by atoms with Gasteiger partial charge in [-0.15, -0.1) is 10.2 Å². The first-order chi connectivity index (χ1) is 13.0. The Balaban J connectivity index is 1.68. The SMILES string of the molecule is CCOc1ccc(C(=O)[C@@H](C)Sc2nnc(-c3ccc(C)c(C)c3)o2)cc1. The molecule has 1 heterocycles. The van der Waals surface area contributed by atoms with Crippen LogP contribution >= 0.6 is 11.8 Å². The number of ether oxygens (including phenoxy) is 1. The fraction of sp³-hybridized carbons (Fsp3) is 0.286. The highest BCUT2D eigenvalue weighted by Crippen LogP contribution is 2.28. The van der Waals surface area contributed by atoms with Crippen LogP contribution in [-0.4, -0.2) is 27.8 Å². The van der Waals surface area contributed by atoms with E-state index in [1.807, 2.05) is 39.0 Å². The molecular formula is C21H22N2O3S. The molecule has 6 heteroatoms. The third kappa shape index (κ3) is 4.57. The van der Waals surface area contributed by atoms with E-state index in [0.29, 0.717) is 23.3 Å². The van der Waals surface area contributed by atoms with Gasteiger partial charge in [-0.25, -0.2) is 0 Å². The van der Waals surface area contributed by atoms with Crippen molar-refractivity contribution in [3.63, 3.8) is 0 Å². The number of hydrogen-bond acceptors (Lipinski definition) is 6. The molecule has 0 N–H and O–H groups in total. The molecule has 0 radical (unpaired) electrons. The molecule has 3 rings (SSSR count). The summed E-state index contributed by atoms with van der Waals surface area (Å²) in [6, 6.07) is 13.2. The van der Waals surface area contributed by atoms with Crippen molar-refractivity contribution < 1.29 is 13.9 Å². The number of hydrogen-bond donors (Lipinski definition) is 0. The number of carbonyl (C=O) groups is 1. The molecule has 1 aromatic heterocycles. The molecule has 2 aromatic carbocycles. The Morgan fingerprint density at radius 2 is 1.85 bits per heavy atom. The van der Waals surface area contributed by atoms with Crippen LogP contribution in [-0.2, 0) is 0 Å². The third-order valence-corrected chi connectivity index (χ3v) is 5.19.